The second-order valence-corrected chi connectivity index (χ2v) is 6.51. The summed E-state index contributed by atoms with van der Waals surface area (Å²) < 4.78 is 2.09. The Morgan fingerprint density at radius 3 is 2.46 bits per heavy atom. The minimum Gasteiger partial charge on any atom is -0.343 e. The van der Waals surface area contributed by atoms with E-state index in [1.807, 2.05) is 32.0 Å². The van der Waals surface area contributed by atoms with E-state index in [-0.39, 0.29) is 5.91 Å². The topological polar surface area (TPSA) is 75.1 Å². The molecule has 0 radical (unpaired) electrons. The lowest BCUT2D eigenvalue weighted by Gasteiger charge is -2.10. The lowest BCUT2D eigenvalue weighted by molar-refractivity contribution is -0.114. The van der Waals surface area contributed by atoms with Crippen molar-refractivity contribution in [3.63, 3.8) is 0 Å². The predicted molar refractivity (Wildman–Crippen MR) is 108 cm³/mol. The molecule has 1 N–H and O–H groups in total. The summed E-state index contributed by atoms with van der Waals surface area (Å²) in [5.41, 5.74) is 5.85. The first-order chi connectivity index (χ1) is 13.4. The van der Waals surface area contributed by atoms with Crippen molar-refractivity contribution in [3.8, 4) is 17.2 Å². The molecule has 0 fully saturated rings. The summed E-state index contributed by atoms with van der Waals surface area (Å²) in [7, 11) is 0. The molecule has 138 valence electrons. The Morgan fingerprint density at radius 1 is 1.21 bits per heavy atom. The quantitative estimate of drug-likeness (QED) is 0.683. The van der Waals surface area contributed by atoms with Crippen LogP contribution in [-0.2, 0) is 11.3 Å². The Labute approximate surface area is 163 Å². The van der Waals surface area contributed by atoms with Crippen molar-refractivity contribution in [1.82, 2.24) is 9.55 Å². The van der Waals surface area contributed by atoms with Gasteiger partial charge in [-0.1, -0.05) is 30.3 Å². The number of amides is 1. The first-order valence-electron chi connectivity index (χ1n) is 8.74. The van der Waals surface area contributed by atoms with E-state index in [0.29, 0.717) is 23.6 Å². The van der Waals surface area contributed by atoms with Gasteiger partial charge in [-0.15, -0.1) is 0 Å². The average Bonchev–Trinajstić information content (AvgIpc) is 2.93. The molecular weight excluding hydrogens is 350 g/mol. The molecule has 2 aromatic heterocycles. The Kier molecular flexibility index (Phi) is 5.24. The van der Waals surface area contributed by atoms with Crippen LogP contribution in [0.5, 0.6) is 0 Å². The fraction of sp³-hybridized carbons (Fsp3) is 0.182. The second kappa shape index (κ2) is 7.77. The summed E-state index contributed by atoms with van der Waals surface area (Å²) in [5.74, 6) is 0.348. The lowest BCUT2D eigenvalue weighted by atomic mass is 10.0. The van der Waals surface area contributed by atoms with Crippen molar-refractivity contribution >= 4 is 17.4 Å². The van der Waals surface area contributed by atoms with Crippen LogP contribution in [0.1, 0.15) is 29.4 Å². The van der Waals surface area contributed by atoms with Gasteiger partial charge in [0.15, 0.2) is 5.69 Å². The smallest absolute Gasteiger partial charge is 0.222 e. The first-order valence-corrected chi connectivity index (χ1v) is 8.74. The van der Waals surface area contributed by atoms with Crippen LogP contribution in [0.25, 0.3) is 16.0 Å². The molecule has 0 aliphatic heterocycles. The van der Waals surface area contributed by atoms with Crippen molar-refractivity contribution in [3.05, 3.63) is 76.5 Å². The molecule has 0 aliphatic rings. The van der Waals surface area contributed by atoms with Gasteiger partial charge in [-0.05, 0) is 31.0 Å². The average molecular weight is 369 g/mol. The molecule has 2 heterocycles. The second-order valence-electron chi connectivity index (χ2n) is 6.51. The highest BCUT2D eigenvalue weighted by molar-refractivity contribution is 5.87. The monoisotopic (exact) mass is 369 g/mol. The van der Waals surface area contributed by atoms with Gasteiger partial charge in [0.1, 0.15) is 11.9 Å². The molecular formula is C22H19N5O. The number of benzene rings is 1. The van der Waals surface area contributed by atoms with Gasteiger partial charge in [0, 0.05) is 36.6 Å². The number of nitriles is 1. The standard InChI is InChI=1S/C22H19N5O/c1-14-20(11-23)22(18-6-8-19(24-4)9-7-18)15(2)27(14)13-17-5-10-21(25-12-17)26-16(3)28/h5-10,12H,13H2,1-3H3,(H,25,26,28). The number of hydrogen-bond acceptors (Lipinski definition) is 3. The SMILES string of the molecule is [C-]#[N+]c1ccc(-c2c(C#N)c(C)n(Cc3ccc(NC(C)=O)nc3)c2C)cc1. The third-order valence-electron chi connectivity index (χ3n) is 4.65. The third kappa shape index (κ3) is 3.62. The van der Waals surface area contributed by atoms with E-state index in [1.54, 1.807) is 24.4 Å². The van der Waals surface area contributed by atoms with Gasteiger partial charge in [-0.3, -0.25) is 4.79 Å². The fourth-order valence-electron chi connectivity index (χ4n) is 3.27. The summed E-state index contributed by atoms with van der Waals surface area (Å²) in [4.78, 5) is 18.8. The number of carbonyl (C=O) groups is 1. The number of anilines is 1. The largest absolute Gasteiger partial charge is 0.343 e. The number of pyridine rings is 1. The minimum atomic E-state index is -0.162. The minimum absolute atomic E-state index is 0.162. The van der Waals surface area contributed by atoms with Gasteiger partial charge in [0.2, 0.25) is 5.91 Å². The number of rotatable bonds is 4. The molecule has 0 spiro atoms. The van der Waals surface area contributed by atoms with E-state index in [1.165, 1.54) is 6.92 Å². The Hall–Kier alpha value is -3.90. The fourth-order valence-corrected chi connectivity index (χ4v) is 3.27. The Balaban J connectivity index is 1.98. The van der Waals surface area contributed by atoms with Crippen LogP contribution in [0.4, 0.5) is 11.5 Å². The van der Waals surface area contributed by atoms with Crippen molar-refractivity contribution in [2.45, 2.75) is 27.3 Å². The summed E-state index contributed by atoms with van der Waals surface area (Å²) in [6.45, 7) is 13.0. The van der Waals surface area contributed by atoms with Crippen LogP contribution in [-0.4, -0.2) is 15.5 Å². The van der Waals surface area contributed by atoms with Crippen molar-refractivity contribution < 1.29 is 4.79 Å². The van der Waals surface area contributed by atoms with Crippen molar-refractivity contribution in [1.29, 1.82) is 5.26 Å². The summed E-state index contributed by atoms with van der Waals surface area (Å²) in [6, 6.07) is 13.3. The number of nitrogens with one attached hydrogen (secondary N) is 1. The molecule has 6 heteroatoms. The molecule has 3 rings (SSSR count). The van der Waals surface area contributed by atoms with Crippen LogP contribution < -0.4 is 5.32 Å². The van der Waals surface area contributed by atoms with Crippen LogP contribution >= 0.6 is 0 Å². The van der Waals surface area contributed by atoms with Gasteiger partial charge in [-0.2, -0.15) is 5.26 Å². The Bertz CT molecular complexity index is 1110. The number of hydrogen-bond donors (Lipinski definition) is 1. The van der Waals surface area contributed by atoms with Crippen molar-refractivity contribution in [2.75, 3.05) is 5.32 Å². The Morgan fingerprint density at radius 2 is 1.93 bits per heavy atom. The summed E-state index contributed by atoms with van der Waals surface area (Å²) in [5, 5.41) is 12.4. The van der Waals surface area contributed by atoms with Crippen LogP contribution in [0.15, 0.2) is 42.6 Å². The molecule has 0 saturated carbocycles. The molecule has 0 saturated heterocycles. The maximum atomic E-state index is 11.1. The highest BCUT2D eigenvalue weighted by atomic mass is 16.1. The van der Waals surface area contributed by atoms with Gasteiger partial charge >= 0.3 is 0 Å². The number of carbonyl (C=O) groups excluding carboxylic acids is 1. The van der Waals surface area contributed by atoms with E-state index in [0.717, 1.165) is 28.1 Å². The van der Waals surface area contributed by atoms with Crippen LogP contribution in [0.3, 0.4) is 0 Å². The molecule has 0 aliphatic carbocycles. The van der Waals surface area contributed by atoms with Crippen LogP contribution in [0, 0.1) is 31.8 Å². The zero-order chi connectivity index (χ0) is 20.3. The molecule has 1 aromatic carbocycles. The van der Waals surface area contributed by atoms with Gasteiger partial charge in [0.05, 0.1) is 12.1 Å². The van der Waals surface area contributed by atoms with Crippen molar-refractivity contribution in [2.24, 2.45) is 0 Å². The maximum Gasteiger partial charge on any atom is 0.222 e. The molecule has 0 unspecified atom stereocenters. The number of aromatic nitrogens is 2. The molecule has 1 amide bonds. The lowest BCUT2D eigenvalue weighted by Crippen LogP contribution is -2.08. The zero-order valence-electron chi connectivity index (χ0n) is 15.9. The van der Waals surface area contributed by atoms with E-state index in [4.69, 9.17) is 6.57 Å². The highest BCUT2D eigenvalue weighted by Crippen LogP contribution is 2.33. The predicted octanol–water partition coefficient (Wildman–Crippen LogP) is 4.60. The van der Waals surface area contributed by atoms with E-state index in [2.05, 4.69) is 25.8 Å². The summed E-state index contributed by atoms with van der Waals surface area (Å²) in [6.07, 6.45) is 1.72. The highest BCUT2D eigenvalue weighted by Gasteiger charge is 2.19. The first kappa shape index (κ1) is 18.9. The van der Waals surface area contributed by atoms with Gasteiger partial charge in [-0.25, -0.2) is 9.83 Å². The summed E-state index contributed by atoms with van der Waals surface area (Å²) >= 11 is 0. The molecule has 0 atom stereocenters. The van der Waals surface area contributed by atoms with E-state index >= 15 is 0 Å². The van der Waals surface area contributed by atoms with Gasteiger partial charge < -0.3 is 9.88 Å². The van der Waals surface area contributed by atoms with Crippen LogP contribution in [0.2, 0.25) is 0 Å². The van der Waals surface area contributed by atoms with E-state index < -0.39 is 0 Å². The molecule has 6 nitrogen and oxygen atoms in total. The van der Waals surface area contributed by atoms with Gasteiger partial charge in [0.25, 0.3) is 0 Å². The molecule has 0 bridgehead atoms. The van der Waals surface area contributed by atoms with E-state index in [9.17, 15) is 10.1 Å². The maximum absolute atomic E-state index is 11.1. The third-order valence-corrected chi connectivity index (χ3v) is 4.65. The molecule has 28 heavy (non-hydrogen) atoms. The molecule has 3 aromatic rings. The normalized spacial score (nSPS) is 10.2. The zero-order valence-corrected chi connectivity index (χ0v) is 15.9. The number of nitrogens with zero attached hydrogens (tertiary/aromatic N) is 4.